The van der Waals surface area contributed by atoms with Gasteiger partial charge in [0, 0.05) is 10.5 Å². The number of para-hydroxylation sites is 2. The van der Waals surface area contributed by atoms with Crippen molar-refractivity contribution in [2.45, 2.75) is 0 Å². The number of fused-ring (bicyclic) bond motifs is 1. The van der Waals surface area contributed by atoms with Gasteiger partial charge >= 0.3 is 5.97 Å². The second-order valence-corrected chi connectivity index (χ2v) is 6.46. The molecule has 0 saturated heterocycles. The maximum absolute atomic E-state index is 12.4. The SMILES string of the molecule is O=C1CN(C(=O)COC(=O)/C=C/c2cccc(Br)c2)c2ccccc2N1. The molecular formula is C19H15BrN2O4. The molecule has 2 amide bonds. The monoisotopic (exact) mass is 414 g/mol. The van der Waals surface area contributed by atoms with Crippen molar-refractivity contribution in [3.8, 4) is 0 Å². The Kier molecular flexibility index (Phi) is 5.48. The van der Waals surface area contributed by atoms with E-state index in [0.717, 1.165) is 10.0 Å². The Balaban J connectivity index is 1.60. The van der Waals surface area contributed by atoms with Gasteiger partial charge in [0.1, 0.15) is 6.54 Å². The molecule has 1 aliphatic rings. The highest BCUT2D eigenvalue weighted by Gasteiger charge is 2.26. The number of anilines is 2. The van der Waals surface area contributed by atoms with E-state index in [0.29, 0.717) is 11.4 Å². The van der Waals surface area contributed by atoms with Gasteiger partial charge in [-0.05, 0) is 35.9 Å². The molecule has 2 aromatic rings. The van der Waals surface area contributed by atoms with Crippen molar-refractivity contribution in [1.29, 1.82) is 0 Å². The minimum absolute atomic E-state index is 0.110. The van der Waals surface area contributed by atoms with Crippen molar-refractivity contribution in [2.24, 2.45) is 0 Å². The number of nitrogens with zero attached hydrogens (tertiary/aromatic N) is 1. The highest BCUT2D eigenvalue weighted by Crippen LogP contribution is 2.28. The number of carbonyl (C=O) groups is 3. The lowest BCUT2D eigenvalue weighted by Gasteiger charge is -2.28. The van der Waals surface area contributed by atoms with Crippen molar-refractivity contribution in [3.05, 3.63) is 64.6 Å². The van der Waals surface area contributed by atoms with Crippen LogP contribution in [0.4, 0.5) is 11.4 Å². The van der Waals surface area contributed by atoms with E-state index in [-0.39, 0.29) is 12.5 Å². The summed E-state index contributed by atoms with van der Waals surface area (Å²) in [5.41, 5.74) is 1.96. The van der Waals surface area contributed by atoms with Gasteiger partial charge in [-0.25, -0.2) is 4.79 Å². The summed E-state index contributed by atoms with van der Waals surface area (Å²) >= 11 is 3.35. The van der Waals surface area contributed by atoms with Crippen LogP contribution in [0.15, 0.2) is 59.1 Å². The summed E-state index contributed by atoms with van der Waals surface area (Å²) < 4.78 is 5.89. The zero-order valence-corrected chi connectivity index (χ0v) is 15.2. The van der Waals surface area contributed by atoms with Crippen LogP contribution in [-0.4, -0.2) is 30.9 Å². The lowest BCUT2D eigenvalue weighted by molar-refractivity contribution is -0.143. The second-order valence-electron chi connectivity index (χ2n) is 5.54. The summed E-state index contributed by atoms with van der Waals surface area (Å²) in [7, 11) is 0. The summed E-state index contributed by atoms with van der Waals surface area (Å²) in [5, 5.41) is 2.70. The van der Waals surface area contributed by atoms with Crippen molar-refractivity contribution >= 4 is 51.2 Å². The third kappa shape index (κ3) is 4.37. The topological polar surface area (TPSA) is 75.7 Å². The maximum atomic E-state index is 12.4. The molecule has 1 heterocycles. The Morgan fingerprint density at radius 3 is 2.81 bits per heavy atom. The van der Waals surface area contributed by atoms with Gasteiger partial charge in [0.25, 0.3) is 5.91 Å². The third-order valence-electron chi connectivity index (χ3n) is 3.67. The van der Waals surface area contributed by atoms with Gasteiger partial charge < -0.3 is 10.1 Å². The van der Waals surface area contributed by atoms with Gasteiger partial charge in [-0.2, -0.15) is 0 Å². The zero-order valence-electron chi connectivity index (χ0n) is 13.6. The average molecular weight is 415 g/mol. The van der Waals surface area contributed by atoms with Crippen LogP contribution in [0.3, 0.4) is 0 Å². The number of carbonyl (C=O) groups excluding carboxylic acids is 3. The molecule has 132 valence electrons. The quantitative estimate of drug-likeness (QED) is 0.616. The van der Waals surface area contributed by atoms with E-state index < -0.39 is 18.5 Å². The molecule has 0 aliphatic carbocycles. The minimum Gasteiger partial charge on any atom is -0.452 e. The van der Waals surface area contributed by atoms with E-state index in [4.69, 9.17) is 4.74 Å². The first kappa shape index (κ1) is 17.9. The molecule has 0 saturated carbocycles. The number of halogens is 1. The number of ether oxygens (including phenoxy) is 1. The molecule has 2 aromatic carbocycles. The fourth-order valence-corrected chi connectivity index (χ4v) is 2.91. The van der Waals surface area contributed by atoms with Gasteiger partial charge in [-0.3, -0.25) is 14.5 Å². The number of hydrogen-bond acceptors (Lipinski definition) is 4. The van der Waals surface area contributed by atoms with Gasteiger partial charge in [-0.1, -0.05) is 40.2 Å². The summed E-state index contributed by atoms with van der Waals surface area (Å²) in [6.45, 7) is -0.551. The van der Waals surface area contributed by atoms with Gasteiger partial charge in [0.2, 0.25) is 5.91 Å². The first-order valence-electron chi connectivity index (χ1n) is 7.82. The molecule has 1 N–H and O–H groups in total. The molecule has 0 aromatic heterocycles. The lowest BCUT2D eigenvalue weighted by atomic mass is 10.2. The Labute approximate surface area is 158 Å². The fourth-order valence-electron chi connectivity index (χ4n) is 2.49. The number of esters is 1. The van der Waals surface area contributed by atoms with E-state index in [1.54, 1.807) is 30.3 Å². The van der Waals surface area contributed by atoms with Crippen LogP contribution in [0.2, 0.25) is 0 Å². The molecule has 6 nitrogen and oxygen atoms in total. The number of benzene rings is 2. The number of nitrogens with one attached hydrogen (secondary N) is 1. The maximum Gasteiger partial charge on any atom is 0.331 e. The highest BCUT2D eigenvalue weighted by molar-refractivity contribution is 9.10. The minimum atomic E-state index is -0.631. The standard InChI is InChI=1S/C19H15BrN2O4/c20-14-5-3-4-13(10-14)8-9-19(25)26-12-18(24)22-11-17(23)21-15-6-1-2-7-16(15)22/h1-10H,11-12H2,(H,21,23)/b9-8+. The van der Waals surface area contributed by atoms with Gasteiger partial charge in [0.05, 0.1) is 11.4 Å². The van der Waals surface area contributed by atoms with Crippen LogP contribution < -0.4 is 10.2 Å². The molecule has 0 bridgehead atoms. The van der Waals surface area contributed by atoms with Gasteiger partial charge in [0.15, 0.2) is 6.61 Å². The van der Waals surface area contributed by atoms with Crippen LogP contribution in [0.25, 0.3) is 6.08 Å². The molecule has 3 rings (SSSR count). The second kappa shape index (κ2) is 7.97. The summed E-state index contributed by atoms with van der Waals surface area (Å²) in [6, 6.07) is 14.4. The summed E-state index contributed by atoms with van der Waals surface area (Å²) in [5.74, 6) is -1.39. The molecule has 0 radical (unpaired) electrons. The number of rotatable bonds is 4. The Hall–Kier alpha value is -2.93. The molecule has 0 unspecified atom stereocenters. The van der Waals surface area contributed by atoms with E-state index in [1.807, 2.05) is 24.3 Å². The largest absolute Gasteiger partial charge is 0.452 e. The lowest BCUT2D eigenvalue weighted by Crippen LogP contribution is -2.43. The molecule has 0 spiro atoms. The molecule has 26 heavy (non-hydrogen) atoms. The molecule has 0 atom stereocenters. The van der Waals surface area contributed by atoms with E-state index >= 15 is 0 Å². The van der Waals surface area contributed by atoms with E-state index in [1.165, 1.54) is 11.0 Å². The van der Waals surface area contributed by atoms with E-state index in [2.05, 4.69) is 21.2 Å². The van der Waals surface area contributed by atoms with Crippen molar-refractivity contribution in [1.82, 2.24) is 0 Å². The Bertz CT molecular complexity index is 895. The van der Waals surface area contributed by atoms with Crippen LogP contribution in [0, 0.1) is 0 Å². The van der Waals surface area contributed by atoms with Crippen molar-refractivity contribution in [2.75, 3.05) is 23.4 Å². The Morgan fingerprint density at radius 1 is 1.19 bits per heavy atom. The number of hydrogen-bond donors (Lipinski definition) is 1. The third-order valence-corrected chi connectivity index (χ3v) is 4.16. The van der Waals surface area contributed by atoms with Crippen LogP contribution in [-0.2, 0) is 19.1 Å². The van der Waals surface area contributed by atoms with Crippen molar-refractivity contribution < 1.29 is 19.1 Å². The molecule has 7 heteroatoms. The molecule has 0 fully saturated rings. The molecular weight excluding hydrogens is 400 g/mol. The predicted octanol–water partition coefficient (Wildman–Crippen LogP) is 2.99. The fraction of sp³-hybridized carbons (Fsp3) is 0.105. The zero-order chi connectivity index (χ0) is 18.5. The summed E-state index contributed by atoms with van der Waals surface area (Å²) in [6.07, 6.45) is 2.85. The smallest absolute Gasteiger partial charge is 0.331 e. The van der Waals surface area contributed by atoms with Crippen LogP contribution in [0.5, 0.6) is 0 Å². The number of amides is 2. The Morgan fingerprint density at radius 2 is 2.00 bits per heavy atom. The van der Waals surface area contributed by atoms with Crippen molar-refractivity contribution in [3.63, 3.8) is 0 Å². The highest BCUT2D eigenvalue weighted by atomic mass is 79.9. The van der Waals surface area contributed by atoms with Crippen LogP contribution in [0.1, 0.15) is 5.56 Å². The first-order valence-corrected chi connectivity index (χ1v) is 8.62. The van der Waals surface area contributed by atoms with Gasteiger partial charge in [-0.15, -0.1) is 0 Å². The predicted molar refractivity (Wildman–Crippen MR) is 102 cm³/mol. The normalized spacial score (nSPS) is 13.3. The van der Waals surface area contributed by atoms with E-state index in [9.17, 15) is 14.4 Å². The molecule has 1 aliphatic heterocycles. The first-order chi connectivity index (χ1) is 12.5. The average Bonchev–Trinajstić information content (AvgIpc) is 2.63. The van der Waals surface area contributed by atoms with Crippen LogP contribution >= 0.6 is 15.9 Å². The summed E-state index contributed by atoms with van der Waals surface area (Å²) in [4.78, 5) is 37.2.